The number of carbonyl (C=O) groups excluding carboxylic acids is 1. The van der Waals surface area contributed by atoms with Gasteiger partial charge in [0.05, 0.1) is 31.0 Å². The highest BCUT2D eigenvalue weighted by Gasteiger charge is 2.12. The van der Waals surface area contributed by atoms with Crippen LogP contribution in [0.1, 0.15) is 15.2 Å². The highest BCUT2D eigenvalue weighted by atomic mass is 32.1. The Balaban J connectivity index is 1.54. The van der Waals surface area contributed by atoms with E-state index in [-0.39, 0.29) is 5.91 Å². The fourth-order valence-corrected chi connectivity index (χ4v) is 3.78. The summed E-state index contributed by atoms with van der Waals surface area (Å²) in [5.74, 6) is 2.14. The smallest absolute Gasteiger partial charge is 0.261 e. The van der Waals surface area contributed by atoms with Crippen LogP contribution in [0.3, 0.4) is 0 Å². The summed E-state index contributed by atoms with van der Waals surface area (Å²) < 4.78 is 10.8. The van der Waals surface area contributed by atoms with Gasteiger partial charge in [-0.05, 0) is 41.3 Å². The number of carbonyl (C=O) groups is 1. The quantitative estimate of drug-likeness (QED) is 0.453. The summed E-state index contributed by atoms with van der Waals surface area (Å²) in [6, 6.07) is 17.2. The number of imidazole rings is 1. The number of aromatic amines is 1. The van der Waals surface area contributed by atoms with E-state index < -0.39 is 0 Å². The van der Waals surface area contributed by atoms with Gasteiger partial charge in [0.25, 0.3) is 5.91 Å². The molecule has 0 atom stereocenters. The van der Waals surface area contributed by atoms with E-state index in [1.54, 1.807) is 20.4 Å². The topological polar surface area (TPSA) is 76.2 Å². The van der Waals surface area contributed by atoms with Crippen molar-refractivity contribution in [1.82, 2.24) is 15.3 Å². The maximum absolute atomic E-state index is 12.2. The maximum atomic E-state index is 12.2. The molecule has 0 aliphatic heterocycles. The van der Waals surface area contributed by atoms with Crippen LogP contribution in [0.25, 0.3) is 22.6 Å². The summed E-state index contributed by atoms with van der Waals surface area (Å²) in [7, 11) is 3.27. The zero-order valence-electron chi connectivity index (χ0n) is 16.6. The zero-order valence-corrected chi connectivity index (χ0v) is 17.5. The van der Waals surface area contributed by atoms with Crippen molar-refractivity contribution in [1.29, 1.82) is 0 Å². The summed E-state index contributed by atoms with van der Waals surface area (Å²) in [4.78, 5) is 20.8. The normalized spacial score (nSPS) is 10.6. The Bertz CT molecular complexity index is 1150. The number of nitrogens with zero attached hydrogens (tertiary/aromatic N) is 1. The van der Waals surface area contributed by atoms with Crippen molar-refractivity contribution < 1.29 is 14.3 Å². The third kappa shape index (κ3) is 4.21. The number of methoxy groups -OCH3 is 2. The average molecular weight is 420 g/mol. The van der Waals surface area contributed by atoms with Crippen LogP contribution >= 0.6 is 11.3 Å². The second-order valence-corrected chi connectivity index (χ2v) is 7.52. The van der Waals surface area contributed by atoms with Gasteiger partial charge in [0.2, 0.25) is 0 Å². The number of nitrogens with one attached hydrogen (secondary N) is 2. The molecule has 0 radical (unpaired) electrons. The minimum absolute atomic E-state index is 0.0687. The van der Waals surface area contributed by atoms with E-state index >= 15 is 0 Å². The van der Waals surface area contributed by atoms with Crippen LogP contribution in [-0.4, -0.2) is 30.1 Å². The molecule has 0 fully saturated rings. The molecule has 4 rings (SSSR count). The van der Waals surface area contributed by atoms with Crippen LogP contribution in [0, 0.1) is 0 Å². The second kappa shape index (κ2) is 8.84. The van der Waals surface area contributed by atoms with E-state index in [4.69, 9.17) is 9.47 Å². The number of H-pyrrole nitrogens is 1. The number of hydrogen-bond donors (Lipinski definition) is 2. The summed E-state index contributed by atoms with van der Waals surface area (Å²) in [5, 5.41) is 4.84. The van der Waals surface area contributed by atoms with Gasteiger partial charge >= 0.3 is 0 Å². The van der Waals surface area contributed by atoms with Crippen molar-refractivity contribution in [3.05, 3.63) is 76.6 Å². The first-order chi connectivity index (χ1) is 14.7. The van der Waals surface area contributed by atoms with E-state index in [0.29, 0.717) is 11.4 Å². The van der Waals surface area contributed by atoms with Crippen molar-refractivity contribution in [2.24, 2.45) is 0 Å². The van der Waals surface area contributed by atoms with Crippen molar-refractivity contribution in [2.45, 2.75) is 6.54 Å². The maximum Gasteiger partial charge on any atom is 0.261 e. The molecule has 7 heteroatoms. The number of rotatable bonds is 7. The van der Waals surface area contributed by atoms with Crippen molar-refractivity contribution in [3.63, 3.8) is 0 Å². The average Bonchev–Trinajstić information content (AvgIpc) is 3.50. The van der Waals surface area contributed by atoms with Gasteiger partial charge < -0.3 is 19.8 Å². The summed E-state index contributed by atoms with van der Waals surface area (Å²) >= 11 is 1.43. The minimum Gasteiger partial charge on any atom is -0.497 e. The lowest BCUT2D eigenvalue weighted by atomic mass is 10.1. The largest absolute Gasteiger partial charge is 0.497 e. The van der Waals surface area contributed by atoms with Crippen LogP contribution in [0.5, 0.6) is 11.5 Å². The third-order valence-electron chi connectivity index (χ3n) is 4.67. The van der Waals surface area contributed by atoms with Crippen LogP contribution in [0.4, 0.5) is 0 Å². The Morgan fingerprint density at radius 2 is 2.00 bits per heavy atom. The first kappa shape index (κ1) is 19.7. The molecule has 0 aliphatic carbocycles. The molecule has 2 aromatic heterocycles. The monoisotopic (exact) mass is 419 g/mol. The minimum atomic E-state index is -0.0687. The van der Waals surface area contributed by atoms with Gasteiger partial charge in [-0.25, -0.2) is 4.98 Å². The summed E-state index contributed by atoms with van der Waals surface area (Å²) in [5.41, 5.74) is 3.63. The number of benzene rings is 2. The second-order valence-electron chi connectivity index (χ2n) is 6.57. The van der Waals surface area contributed by atoms with Gasteiger partial charge in [-0.3, -0.25) is 4.79 Å². The van der Waals surface area contributed by atoms with Crippen LogP contribution in [0.15, 0.2) is 66.2 Å². The fraction of sp³-hybridized carbons (Fsp3) is 0.130. The fourth-order valence-electron chi connectivity index (χ4n) is 3.14. The molecule has 0 aliphatic rings. The van der Waals surface area contributed by atoms with E-state index in [1.807, 2.05) is 60.0 Å². The molecule has 30 heavy (non-hydrogen) atoms. The number of hydrogen-bond acceptors (Lipinski definition) is 5. The Kier molecular flexibility index (Phi) is 5.81. The summed E-state index contributed by atoms with van der Waals surface area (Å²) in [6.45, 7) is 0.446. The molecule has 0 saturated carbocycles. The van der Waals surface area contributed by atoms with Gasteiger partial charge in [0.15, 0.2) is 0 Å². The summed E-state index contributed by atoms with van der Waals surface area (Å²) in [6.07, 6.45) is 1.78. The lowest BCUT2D eigenvalue weighted by Gasteiger charge is -2.09. The molecule has 1 amide bonds. The lowest BCUT2D eigenvalue weighted by Crippen LogP contribution is -2.21. The van der Waals surface area contributed by atoms with E-state index in [2.05, 4.69) is 15.3 Å². The first-order valence-electron chi connectivity index (χ1n) is 9.36. The molecule has 2 heterocycles. The van der Waals surface area contributed by atoms with Gasteiger partial charge in [-0.15, -0.1) is 11.3 Å². The molecule has 2 aromatic carbocycles. The molecular formula is C23H21N3O3S. The van der Waals surface area contributed by atoms with Gasteiger partial charge in [-0.2, -0.15) is 0 Å². The van der Waals surface area contributed by atoms with Crippen molar-refractivity contribution in [3.8, 4) is 34.1 Å². The molecule has 2 N–H and O–H groups in total. The van der Waals surface area contributed by atoms with Crippen LogP contribution < -0.4 is 14.8 Å². The van der Waals surface area contributed by atoms with Gasteiger partial charge in [0.1, 0.15) is 17.3 Å². The Morgan fingerprint density at radius 3 is 2.77 bits per heavy atom. The molecule has 6 nitrogen and oxygen atoms in total. The highest BCUT2D eigenvalue weighted by Crippen LogP contribution is 2.33. The van der Waals surface area contributed by atoms with E-state index in [9.17, 15) is 4.79 Å². The lowest BCUT2D eigenvalue weighted by molar-refractivity contribution is 0.0955. The van der Waals surface area contributed by atoms with Crippen molar-refractivity contribution >= 4 is 17.2 Å². The van der Waals surface area contributed by atoms with Gasteiger partial charge in [-0.1, -0.05) is 24.3 Å². The highest BCUT2D eigenvalue weighted by molar-refractivity contribution is 7.12. The molecule has 152 valence electrons. The molecule has 0 bridgehead atoms. The Hall–Kier alpha value is -3.58. The molecule has 0 saturated heterocycles. The molecule has 4 aromatic rings. The molecule has 0 unspecified atom stereocenters. The predicted molar refractivity (Wildman–Crippen MR) is 118 cm³/mol. The number of ether oxygens (including phenoxy) is 2. The molecular weight excluding hydrogens is 398 g/mol. The van der Waals surface area contributed by atoms with Crippen molar-refractivity contribution in [2.75, 3.05) is 14.2 Å². The molecule has 0 spiro atoms. The Morgan fingerprint density at radius 1 is 1.10 bits per heavy atom. The third-order valence-corrected chi connectivity index (χ3v) is 5.54. The number of amides is 1. The Labute approximate surface area is 178 Å². The van der Waals surface area contributed by atoms with Gasteiger partial charge in [0, 0.05) is 17.7 Å². The van der Waals surface area contributed by atoms with Crippen LogP contribution in [0.2, 0.25) is 0 Å². The van der Waals surface area contributed by atoms with Crippen LogP contribution in [-0.2, 0) is 6.54 Å². The predicted octanol–water partition coefficient (Wildman–Crippen LogP) is 4.75. The van der Waals surface area contributed by atoms with E-state index in [0.717, 1.165) is 39.7 Å². The number of aromatic nitrogens is 2. The number of thiophene rings is 1. The zero-order chi connectivity index (χ0) is 20.9. The SMILES string of the molecule is COc1ccc(OC)c(-c2cnc(-c3cccc(CNC(=O)c4cccs4)c3)[nH]2)c1. The standard InChI is InChI=1S/C23H21N3O3S/c1-28-17-8-9-20(29-2)18(12-17)19-14-24-22(26-19)16-6-3-5-15(11-16)13-25-23(27)21-7-4-10-30-21/h3-12,14H,13H2,1-2H3,(H,24,26)(H,25,27). The van der Waals surface area contributed by atoms with E-state index in [1.165, 1.54) is 11.3 Å². The first-order valence-corrected chi connectivity index (χ1v) is 10.2.